The van der Waals surface area contributed by atoms with Gasteiger partial charge < -0.3 is 9.52 Å². The average molecular weight is 240 g/mol. The third kappa shape index (κ3) is 1.60. The molecule has 18 heavy (non-hydrogen) atoms. The molecule has 90 valence electrons. The van der Waals surface area contributed by atoms with Gasteiger partial charge in [-0.25, -0.2) is 0 Å². The minimum absolute atomic E-state index is 0.137. The van der Waals surface area contributed by atoms with Crippen LogP contribution in [-0.2, 0) is 5.60 Å². The summed E-state index contributed by atoms with van der Waals surface area (Å²) in [5.74, 6) is 0.772. The Morgan fingerprint density at radius 2 is 1.94 bits per heavy atom. The highest BCUT2D eigenvalue weighted by Crippen LogP contribution is 2.36. The molecule has 1 aromatic heterocycles. The SMILES string of the molecule is CC1(O)C=CC(=O)c2cc(-c3ccccc3)oc21. The van der Waals surface area contributed by atoms with Crippen LogP contribution in [0.3, 0.4) is 0 Å². The summed E-state index contributed by atoms with van der Waals surface area (Å²) in [7, 11) is 0. The van der Waals surface area contributed by atoms with E-state index < -0.39 is 5.60 Å². The fourth-order valence-corrected chi connectivity index (χ4v) is 2.10. The van der Waals surface area contributed by atoms with Gasteiger partial charge in [-0.05, 0) is 25.1 Å². The average Bonchev–Trinajstić information content (AvgIpc) is 2.82. The molecule has 0 saturated heterocycles. The van der Waals surface area contributed by atoms with Crippen molar-refractivity contribution in [1.29, 1.82) is 0 Å². The van der Waals surface area contributed by atoms with Gasteiger partial charge in [0, 0.05) is 5.56 Å². The summed E-state index contributed by atoms with van der Waals surface area (Å²) < 4.78 is 5.66. The Balaban J connectivity index is 2.16. The molecule has 0 amide bonds. The molecule has 1 atom stereocenters. The lowest BCUT2D eigenvalue weighted by Gasteiger charge is -2.20. The predicted molar refractivity (Wildman–Crippen MR) is 67.2 cm³/mol. The summed E-state index contributed by atoms with van der Waals surface area (Å²) >= 11 is 0. The molecule has 1 aromatic carbocycles. The van der Waals surface area contributed by atoms with E-state index >= 15 is 0 Å². The van der Waals surface area contributed by atoms with Crippen molar-refractivity contribution in [2.24, 2.45) is 0 Å². The van der Waals surface area contributed by atoms with Gasteiger partial charge in [0.05, 0.1) is 5.56 Å². The van der Waals surface area contributed by atoms with Crippen molar-refractivity contribution in [2.75, 3.05) is 0 Å². The zero-order valence-corrected chi connectivity index (χ0v) is 9.88. The molecule has 3 heteroatoms. The van der Waals surface area contributed by atoms with Crippen LogP contribution in [0.15, 0.2) is 53.0 Å². The zero-order chi connectivity index (χ0) is 12.8. The fourth-order valence-electron chi connectivity index (χ4n) is 2.10. The number of fused-ring (bicyclic) bond motifs is 1. The van der Waals surface area contributed by atoms with Gasteiger partial charge in [-0.15, -0.1) is 0 Å². The van der Waals surface area contributed by atoms with Gasteiger partial charge in [0.25, 0.3) is 0 Å². The van der Waals surface area contributed by atoms with Gasteiger partial charge in [-0.2, -0.15) is 0 Å². The van der Waals surface area contributed by atoms with Crippen molar-refractivity contribution in [3.8, 4) is 11.3 Å². The molecule has 0 radical (unpaired) electrons. The van der Waals surface area contributed by atoms with Crippen LogP contribution in [0.5, 0.6) is 0 Å². The molecule has 1 heterocycles. The van der Waals surface area contributed by atoms with E-state index in [-0.39, 0.29) is 5.78 Å². The molecular weight excluding hydrogens is 228 g/mol. The first-order chi connectivity index (χ1) is 8.58. The monoisotopic (exact) mass is 240 g/mol. The van der Waals surface area contributed by atoms with Gasteiger partial charge in [0.1, 0.15) is 11.4 Å². The lowest BCUT2D eigenvalue weighted by atomic mass is 9.91. The Labute approximate surface area is 104 Å². The molecule has 1 aliphatic rings. The molecule has 0 saturated carbocycles. The number of carbonyl (C=O) groups is 1. The van der Waals surface area contributed by atoms with Gasteiger partial charge in [0.15, 0.2) is 11.5 Å². The number of carbonyl (C=O) groups excluding carboxylic acids is 1. The number of aliphatic hydroxyl groups is 1. The van der Waals surface area contributed by atoms with Crippen LogP contribution in [-0.4, -0.2) is 10.9 Å². The fraction of sp³-hybridized carbons (Fsp3) is 0.133. The maximum absolute atomic E-state index is 11.8. The summed E-state index contributed by atoms with van der Waals surface area (Å²) in [4.78, 5) is 11.8. The van der Waals surface area contributed by atoms with Crippen molar-refractivity contribution in [3.05, 3.63) is 59.9 Å². The van der Waals surface area contributed by atoms with Crippen LogP contribution in [0.25, 0.3) is 11.3 Å². The maximum atomic E-state index is 11.8. The summed E-state index contributed by atoms with van der Waals surface area (Å²) in [5, 5.41) is 10.2. The lowest BCUT2D eigenvalue weighted by Crippen LogP contribution is -2.23. The molecule has 1 aliphatic carbocycles. The van der Waals surface area contributed by atoms with Gasteiger partial charge in [-0.1, -0.05) is 30.3 Å². The quantitative estimate of drug-likeness (QED) is 0.833. The van der Waals surface area contributed by atoms with Crippen molar-refractivity contribution in [1.82, 2.24) is 0 Å². The summed E-state index contributed by atoms with van der Waals surface area (Å²) in [5.41, 5.74) is 0.0906. The molecule has 0 spiro atoms. The van der Waals surface area contributed by atoms with E-state index in [0.717, 1.165) is 5.56 Å². The molecule has 1 unspecified atom stereocenters. The standard InChI is InChI=1S/C15H12O3/c1-15(17)8-7-12(16)11-9-13(18-14(11)15)10-5-3-2-4-6-10/h2-9,17H,1H3. The van der Waals surface area contributed by atoms with Crippen molar-refractivity contribution >= 4 is 5.78 Å². The number of allylic oxidation sites excluding steroid dienone is 1. The molecule has 1 N–H and O–H groups in total. The van der Waals surface area contributed by atoms with Gasteiger partial charge in [0.2, 0.25) is 0 Å². The van der Waals surface area contributed by atoms with E-state index in [9.17, 15) is 9.90 Å². The molecule has 0 bridgehead atoms. The second-order valence-electron chi connectivity index (χ2n) is 4.56. The number of hydrogen-bond acceptors (Lipinski definition) is 3. The first-order valence-electron chi connectivity index (χ1n) is 5.73. The number of hydrogen-bond donors (Lipinski definition) is 1. The third-order valence-corrected chi connectivity index (χ3v) is 3.07. The minimum atomic E-state index is -1.23. The van der Waals surface area contributed by atoms with E-state index in [2.05, 4.69) is 0 Å². The molecule has 2 aromatic rings. The Morgan fingerprint density at radius 3 is 2.61 bits per heavy atom. The summed E-state index contributed by atoms with van der Waals surface area (Å²) in [6.07, 6.45) is 2.84. The largest absolute Gasteiger partial charge is 0.457 e. The Hall–Kier alpha value is -2.13. The van der Waals surface area contributed by atoms with Crippen LogP contribution in [0.1, 0.15) is 23.0 Å². The highest BCUT2D eigenvalue weighted by molar-refractivity contribution is 6.07. The normalized spacial score (nSPS) is 22.0. The minimum Gasteiger partial charge on any atom is -0.457 e. The smallest absolute Gasteiger partial charge is 0.189 e. The molecule has 0 aliphatic heterocycles. The Morgan fingerprint density at radius 1 is 1.22 bits per heavy atom. The summed E-state index contributed by atoms with van der Waals surface area (Å²) in [6.45, 7) is 1.60. The number of furan rings is 1. The summed E-state index contributed by atoms with van der Waals surface area (Å²) in [6, 6.07) is 11.2. The van der Waals surface area contributed by atoms with Gasteiger partial charge >= 0.3 is 0 Å². The maximum Gasteiger partial charge on any atom is 0.189 e. The third-order valence-electron chi connectivity index (χ3n) is 3.07. The van der Waals surface area contributed by atoms with E-state index in [1.807, 2.05) is 30.3 Å². The topological polar surface area (TPSA) is 50.4 Å². The number of rotatable bonds is 1. The van der Waals surface area contributed by atoms with Crippen molar-refractivity contribution in [3.63, 3.8) is 0 Å². The molecule has 0 fully saturated rings. The zero-order valence-electron chi connectivity index (χ0n) is 9.88. The van der Waals surface area contributed by atoms with Gasteiger partial charge in [-0.3, -0.25) is 4.79 Å². The Kier molecular flexibility index (Phi) is 2.25. The second kappa shape index (κ2) is 3.68. The van der Waals surface area contributed by atoms with Crippen LogP contribution in [0.2, 0.25) is 0 Å². The lowest BCUT2D eigenvalue weighted by molar-refractivity contribution is 0.0772. The number of benzene rings is 1. The van der Waals surface area contributed by atoms with Crippen molar-refractivity contribution < 1.29 is 14.3 Å². The highest BCUT2D eigenvalue weighted by atomic mass is 16.4. The van der Waals surface area contributed by atoms with E-state index in [4.69, 9.17) is 4.42 Å². The van der Waals surface area contributed by atoms with E-state index in [0.29, 0.717) is 17.1 Å². The molecule has 3 rings (SSSR count). The Bertz CT molecular complexity index is 633. The second-order valence-corrected chi connectivity index (χ2v) is 4.56. The van der Waals surface area contributed by atoms with Crippen molar-refractivity contribution in [2.45, 2.75) is 12.5 Å². The number of ketones is 1. The first-order valence-corrected chi connectivity index (χ1v) is 5.73. The first kappa shape index (κ1) is 11.0. The van der Waals surface area contributed by atoms with E-state index in [1.54, 1.807) is 13.0 Å². The van der Waals surface area contributed by atoms with Crippen LogP contribution in [0.4, 0.5) is 0 Å². The molecule has 3 nitrogen and oxygen atoms in total. The highest BCUT2D eigenvalue weighted by Gasteiger charge is 2.34. The molecular formula is C15H12O3. The van der Waals surface area contributed by atoms with E-state index in [1.165, 1.54) is 12.2 Å². The van der Waals surface area contributed by atoms with Crippen LogP contribution in [0, 0.1) is 0 Å². The predicted octanol–water partition coefficient (Wildman–Crippen LogP) is 2.91. The van der Waals surface area contributed by atoms with Crippen LogP contribution >= 0.6 is 0 Å². The van der Waals surface area contributed by atoms with Crippen LogP contribution < -0.4 is 0 Å².